The molecular weight excluding hydrogens is 328 g/mol. The molecule has 1 aromatic carbocycles. The Morgan fingerprint density at radius 1 is 1.28 bits per heavy atom. The van der Waals surface area contributed by atoms with Gasteiger partial charge in [0.1, 0.15) is 0 Å². The molecule has 0 atom stereocenters. The summed E-state index contributed by atoms with van der Waals surface area (Å²) in [7, 11) is 0. The molecule has 0 amide bonds. The molecule has 0 aliphatic heterocycles. The van der Waals surface area contributed by atoms with Crippen LogP contribution in [0.15, 0.2) is 39.5 Å². The first kappa shape index (κ1) is 12.1. The number of benzene rings is 1. The van der Waals surface area contributed by atoms with E-state index in [1.807, 2.05) is 0 Å². The average molecular weight is 339 g/mol. The Kier molecular flexibility index (Phi) is 3.63. The van der Waals surface area contributed by atoms with Crippen LogP contribution in [0.1, 0.15) is 5.56 Å². The molecule has 1 N–H and O–H groups in total. The number of anilines is 1. The van der Waals surface area contributed by atoms with Crippen LogP contribution in [0.4, 0.5) is 5.13 Å². The molecule has 2 aromatic heterocycles. The van der Waals surface area contributed by atoms with Gasteiger partial charge in [-0.1, -0.05) is 27.3 Å². The summed E-state index contributed by atoms with van der Waals surface area (Å²) in [6, 6.07) is 8.37. The highest BCUT2D eigenvalue weighted by Gasteiger charge is 2.03. The van der Waals surface area contributed by atoms with Crippen LogP contribution < -0.4 is 5.32 Å². The minimum atomic E-state index is 0.928. The van der Waals surface area contributed by atoms with Crippen molar-refractivity contribution in [2.24, 2.45) is 0 Å². The Labute approximate surface area is 122 Å². The van der Waals surface area contributed by atoms with Crippen molar-refractivity contribution in [1.82, 2.24) is 4.98 Å². The van der Waals surface area contributed by atoms with Crippen LogP contribution in [0.2, 0.25) is 0 Å². The molecule has 2 heterocycles. The van der Waals surface area contributed by atoms with Gasteiger partial charge >= 0.3 is 0 Å². The lowest BCUT2D eigenvalue weighted by molar-refractivity contribution is 1.02. The molecule has 5 heteroatoms. The zero-order chi connectivity index (χ0) is 12.4. The van der Waals surface area contributed by atoms with E-state index >= 15 is 0 Å². The van der Waals surface area contributed by atoms with Gasteiger partial charge in [0.15, 0.2) is 5.13 Å². The first-order chi connectivity index (χ1) is 8.81. The van der Waals surface area contributed by atoms with Crippen LogP contribution >= 0.6 is 38.6 Å². The van der Waals surface area contributed by atoms with Gasteiger partial charge in [-0.05, 0) is 47.0 Å². The highest BCUT2D eigenvalue weighted by molar-refractivity contribution is 9.10. The molecule has 18 heavy (non-hydrogen) atoms. The van der Waals surface area contributed by atoms with E-state index in [1.165, 1.54) is 10.3 Å². The second-order valence-electron chi connectivity index (χ2n) is 3.94. The van der Waals surface area contributed by atoms with Gasteiger partial charge in [0.2, 0.25) is 0 Å². The quantitative estimate of drug-likeness (QED) is 0.740. The minimum absolute atomic E-state index is 0.928. The lowest BCUT2D eigenvalue weighted by atomic mass is 10.2. The van der Waals surface area contributed by atoms with Gasteiger partial charge in [0.05, 0.1) is 10.2 Å². The molecule has 0 fully saturated rings. The van der Waals surface area contributed by atoms with Crippen molar-refractivity contribution in [2.75, 3.05) is 11.9 Å². The van der Waals surface area contributed by atoms with Crippen LogP contribution in [0, 0.1) is 0 Å². The number of fused-ring (bicyclic) bond motifs is 1. The van der Waals surface area contributed by atoms with E-state index in [0.29, 0.717) is 0 Å². The molecule has 0 saturated heterocycles. The second-order valence-corrected chi connectivity index (χ2v) is 6.67. The molecule has 0 radical (unpaired) electrons. The van der Waals surface area contributed by atoms with E-state index in [2.05, 4.69) is 61.3 Å². The number of hydrogen-bond acceptors (Lipinski definition) is 4. The SMILES string of the molecule is Brc1ccc2sc(NCCc3ccsc3)nc2c1. The molecule has 92 valence electrons. The Morgan fingerprint density at radius 3 is 3.06 bits per heavy atom. The van der Waals surface area contributed by atoms with E-state index in [9.17, 15) is 0 Å². The second kappa shape index (κ2) is 5.38. The van der Waals surface area contributed by atoms with Gasteiger partial charge in [0, 0.05) is 11.0 Å². The Morgan fingerprint density at radius 2 is 2.22 bits per heavy atom. The first-order valence-electron chi connectivity index (χ1n) is 5.62. The fraction of sp³-hybridized carbons (Fsp3) is 0.154. The third-order valence-electron chi connectivity index (χ3n) is 2.62. The third kappa shape index (κ3) is 2.74. The van der Waals surface area contributed by atoms with Crippen molar-refractivity contribution < 1.29 is 0 Å². The number of halogens is 1. The number of rotatable bonds is 4. The van der Waals surface area contributed by atoms with Crippen molar-refractivity contribution in [3.8, 4) is 0 Å². The van der Waals surface area contributed by atoms with Crippen molar-refractivity contribution in [3.05, 3.63) is 45.1 Å². The summed E-state index contributed by atoms with van der Waals surface area (Å²) in [6.07, 6.45) is 1.04. The standard InChI is InChI=1S/C13H11BrN2S2/c14-10-1-2-12-11(7-10)16-13(18-12)15-5-3-9-4-6-17-8-9/h1-2,4,6-8H,3,5H2,(H,15,16). The smallest absolute Gasteiger partial charge is 0.183 e. The van der Waals surface area contributed by atoms with Crippen molar-refractivity contribution in [1.29, 1.82) is 0 Å². The van der Waals surface area contributed by atoms with Crippen molar-refractivity contribution in [3.63, 3.8) is 0 Å². The zero-order valence-electron chi connectivity index (χ0n) is 9.52. The van der Waals surface area contributed by atoms with E-state index in [-0.39, 0.29) is 0 Å². The molecule has 0 unspecified atom stereocenters. The fourth-order valence-electron chi connectivity index (χ4n) is 1.72. The minimum Gasteiger partial charge on any atom is -0.361 e. The summed E-state index contributed by atoms with van der Waals surface area (Å²) in [5.41, 5.74) is 2.43. The van der Waals surface area contributed by atoms with Crippen LogP contribution in [-0.2, 0) is 6.42 Å². The highest BCUT2D eigenvalue weighted by Crippen LogP contribution is 2.28. The topological polar surface area (TPSA) is 24.9 Å². The molecule has 3 aromatic rings. The van der Waals surface area contributed by atoms with E-state index < -0.39 is 0 Å². The number of nitrogens with zero attached hydrogens (tertiary/aromatic N) is 1. The summed E-state index contributed by atoms with van der Waals surface area (Å²) in [5, 5.41) is 8.69. The summed E-state index contributed by atoms with van der Waals surface area (Å²) in [4.78, 5) is 4.57. The summed E-state index contributed by atoms with van der Waals surface area (Å²) in [5.74, 6) is 0. The number of thiophene rings is 1. The molecule has 2 nitrogen and oxygen atoms in total. The van der Waals surface area contributed by atoms with Gasteiger partial charge in [-0.3, -0.25) is 0 Å². The summed E-state index contributed by atoms with van der Waals surface area (Å²) < 4.78 is 2.29. The lowest BCUT2D eigenvalue weighted by Crippen LogP contribution is -2.03. The largest absolute Gasteiger partial charge is 0.361 e. The van der Waals surface area contributed by atoms with Crippen LogP contribution in [-0.4, -0.2) is 11.5 Å². The lowest BCUT2D eigenvalue weighted by Gasteiger charge is -1.99. The Balaban J connectivity index is 1.67. The molecule has 0 bridgehead atoms. The van der Waals surface area contributed by atoms with E-state index in [1.54, 1.807) is 22.7 Å². The number of aromatic nitrogens is 1. The molecule has 0 saturated carbocycles. The predicted molar refractivity (Wildman–Crippen MR) is 83.8 cm³/mol. The van der Waals surface area contributed by atoms with Gasteiger partial charge in [0.25, 0.3) is 0 Å². The van der Waals surface area contributed by atoms with E-state index in [0.717, 1.165) is 28.1 Å². The number of nitrogens with one attached hydrogen (secondary N) is 1. The highest BCUT2D eigenvalue weighted by atomic mass is 79.9. The maximum Gasteiger partial charge on any atom is 0.183 e. The fourth-order valence-corrected chi connectivity index (χ4v) is 3.65. The normalized spacial score (nSPS) is 10.9. The summed E-state index contributed by atoms with van der Waals surface area (Å²) in [6.45, 7) is 0.928. The number of hydrogen-bond donors (Lipinski definition) is 1. The van der Waals surface area contributed by atoms with E-state index in [4.69, 9.17) is 0 Å². The van der Waals surface area contributed by atoms with Crippen molar-refractivity contribution >= 4 is 54.0 Å². The monoisotopic (exact) mass is 338 g/mol. The molecular formula is C13H11BrN2S2. The maximum atomic E-state index is 4.57. The van der Waals surface area contributed by atoms with Gasteiger partial charge in [-0.25, -0.2) is 4.98 Å². The Hall–Kier alpha value is -0.910. The summed E-state index contributed by atoms with van der Waals surface area (Å²) >= 11 is 6.91. The Bertz CT molecular complexity index is 646. The van der Waals surface area contributed by atoms with Crippen LogP contribution in [0.3, 0.4) is 0 Å². The average Bonchev–Trinajstić information content (AvgIpc) is 2.97. The third-order valence-corrected chi connectivity index (χ3v) is 4.84. The predicted octanol–water partition coefficient (Wildman–Crippen LogP) is 4.77. The van der Waals surface area contributed by atoms with Gasteiger partial charge < -0.3 is 5.32 Å². The first-order valence-corrected chi connectivity index (χ1v) is 8.17. The van der Waals surface area contributed by atoms with Crippen LogP contribution in [0.25, 0.3) is 10.2 Å². The number of thiazole rings is 1. The zero-order valence-corrected chi connectivity index (χ0v) is 12.7. The van der Waals surface area contributed by atoms with Gasteiger partial charge in [-0.15, -0.1) is 0 Å². The van der Waals surface area contributed by atoms with Crippen molar-refractivity contribution in [2.45, 2.75) is 6.42 Å². The van der Waals surface area contributed by atoms with Gasteiger partial charge in [-0.2, -0.15) is 11.3 Å². The molecule has 3 rings (SSSR count). The molecule has 0 aliphatic carbocycles. The molecule has 0 aliphatic rings. The maximum absolute atomic E-state index is 4.57. The molecule has 0 spiro atoms. The van der Waals surface area contributed by atoms with Crippen LogP contribution in [0.5, 0.6) is 0 Å².